The molecular weight excluding hydrogens is 326 g/mol. The maximum absolute atomic E-state index is 13.1. The third kappa shape index (κ3) is 3.09. The second kappa shape index (κ2) is 6.56. The van der Waals surface area contributed by atoms with Gasteiger partial charge in [0.1, 0.15) is 5.69 Å². The summed E-state index contributed by atoms with van der Waals surface area (Å²) in [5, 5.41) is 0. The highest BCUT2D eigenvalue weighted by Gasteiger charge is 2.44. The Morgan fingerprint density at radius 2 is 1.85 bits per heavy atom. The molecule has 2 aromatic rings. The Labute approximate surface area is 153 Å². The molecule has 1 aromatic carbocycles. The Bertz CT molecular complexity index is 854. The molecule has 4 rings (SSSR count). The fourth-order valence-corrected chi connectivity index (χ4v) is 3.94. The molecule has 0 radical (unpaired) electrons. The fraction of sp³-hybridized carbons (Fsp3) is 0.381. The number of carbonyl (C=O) groups is 2. The molecule has 2 N–H and O–H groups in total. The Morgan fingerprint density at radius 1 is 1.12 bits per heavy atom. The van der Waals surface area contributed by atoms with Crippen molar-refractivity contribution in [1.29, 1.82) is 0 Å². The Kier molecular flexibility index (Phi) is 4.23. The van der Waals surface area contributed by atoms with Gasteiger partial charge in [-0.2, -0.15) is 0 Å². The molecule has 1 heterocycles. The molecule has 0 saturated heterocycles. The predicted octanol–water partition coefficient (Wildman–Crippen LogP) is 3.04. The number of primary amides is 1. The van der Waals surface area contributed by atoms with E-state index in [4.69, 9.17) is 5.73 Å². The molecule has 0 bridgehead atoms. The maximum atomic E-state index is 13.1. The minimum Gasteiger partial charge on any atom is -0.364 e. The summed E-state index contributed by atoms with van der Waals surface area (Å²) in [6, 6.07) is 12.3. The van der Waals surface area contributed by atoms with E-state index < -0.39 is 5.91 Å². The van der Waals surface area contributed by atoms with Gasteiger partial charge in [0.25, 0.3) is 11.8 Å². The summed E-state index contributed by atoms with van der Waals surface area (Å²) in [5.74, 6) is -0.0969. The van der Waals surface area contributed by atoms with Crippen molar-refractivity contribution in [1.82, 2.24) is 9.88 Å². The highest BCUT2D eigenvalue weighted by Crippen LogP contribution is 2.44. The highest BCUT2D eigenvalue weighted by atomic mass is 16.2. The van der Waals surface area contributed by atoms with Gasteiger partial charge in [0.2, 0.25) is 0 Å². The number of carbonyl (C=O) groups excluding carboxylic acids is 2. The summed E-state index contributed by atoms with van der Waals surface area (Å²) in [7, 11) is 0. The van der Waals surface area contributed by atoms with E-state index in [1.807, 2.05) is 4.90 Å². The molecule has 2 aliphatic rings. The van der Waals surface area contributed by atoms with Crippen molar-refractivity contribution in [3.63, 3.8) is 0 Å². The summed E-state index contributed by atoms with van der Waals surface area (Å²) >= 11 is 0. The van der Waals surface area contributed by atoms with Crippen LogP contribution in [-0.4, -0.2) is 33.8 Å². The number of pyridine rings is 1. The number of hydrogen-bond acceptors (Lipinski definition) is 3. The minimum atomic E-state index is -0.610. The van der Waals surface area contributed by atoms with Gasteiger partial charge in [-0.3, -0.25) is 14.6 Å². The van der Waals surface area contributed by atoms with Gasteiger partial charge in [-0.15, -0.1) is 0 Å². The highest BCUT2D eigenvalue weighted by molar-refractivity contribution is 5.98. The predicted molar refractivity (Wildman–Crippen MR) is 98.9 cm³/mol. The lowest BCUT2D eigenvalue weighted by Gasteiger charge is -2.44. The minimum absolute atomic E-state index is 0.00867. The van der Waals surface area contributed by atoms with Crippen LogP contribution < -0.4 is 5.73 Å². The molecule has 0 unspecified atom stereocenters. The van der Waals surface area contributed by atoms with Gasteiger partial charge in [0, 0.05) is 23.8 Å². The molecule has 134 valence electrons. The molecule has 2 saturated carbocycles. The van der Waals surface area contributed by atoms with Crippen LogP contribution in [0.5, 0.6) is 0 Å². The first-order chi connectivity index (χ1) is 12.5. The van der Waals surface area contributed by atoms with E-state index in [0.29, 0.717) is 17.5 Å². The van der Waals surface area contributed by atoms with Crippen LogP contribution >= 0.6 is 0 Å². The third-order valence-corrected chi connectivity index (χ3v) is 5.57. The van der Waals surface area contributed by atoms with Gasteiger partial charge >= 0.3 is 0 Å². The van der Waals surface area contributed by atoms with Crippen LogP contribution in [0.25, 0.3) is 0 Å². The molecule has 2 fully saturated rings. The molecule has 5 heteroatoms. The van der Waals surface area contributed by atoms with Gasteiger partial charge in [-0.05, 0) is 61.8 Å². The van der Waals surface area contributed by atoms with Crippen LogP contribution in [0.15, 0.2) is 42.6 Å². The average Bonchev–Trinajstić information content (AvgIpc) is 3.43. The van der Waals surface area contributed by atoms with Gasteiger partial charge in [-0.25, -0.2) is 0 Å². The first-order valence-corrected chi connectivity index (χ1v) is 9.18. The van der Waals surface area contributed by atoms with Crippen LogP contribution in [0.3, 0.4) is 0 Å². The Morgan fingerprint density at radius 3 is 2.50 bits per heavy atom. The molecule has 0 atom stereocenters. The summed E-state index contributed by atoms with van der Waals surface area (Å²) in [5.41, 5.74) is 8.65. The number of nitrogens with zero attached hydrogens (tertiary/aromatic N) is 2. The lowest BCUT2D eigenvalue weighted by Crippen LogP contribution is -2.48. The SMILES string of the molecule is Cc1ccccc1C1CC(N(C(=O)c2ccnc(C(N)=O)c2)C2CC2)C1. The van der Waals surface area contributed by atoms with Gasteiger partial charge in [0.15, 0.2) is 0 Å². The standard InChI is InChI=1S/C21H23N3O2/c1-13-4-2-3-5-18(13)15-10-17(11-15)24(16-6-7-16)21(26)14-8-9-23-19(12-14)20(22)25/h2-5,8-9,12,15-17H,6-7,10-11H2,1H3,(H2,22,25). The second-order valence-electron chi connectivity index (χ2n) is 7.42. The molecule has 5 nitrogen and oxygen atoms in total. The summed E-state index contributed by atoms with van der Waals surface area (Å²) < 4.78 is 0. The zero-order valence-corrected chi connectivity index (χ0v) is 14.9. The second-order valence-corrected chi connectivity index (χ2v) is 7.42. The first-order valence-electron chi connectivity index (χ1n) is 9.18. The van der Waals surface area contributed by atoms with E-state index in [-0.39, 0.29) is 17.6 Å². The number of rotatable bonds is 5. The summed E-state index contributed by atoms with van der Waals surface area (Å²) in [6.07, 6.45) is 5.60. The number of benzene rings is 1. The van der Waals surface area contributed by atoms with Crippen LogP contribution in [0.2, 0.25) is 0 Å². The van der Waals surface area contributed by atoms with E-state index in [0.717, 1.165) is 25.7 Å². The van der Waals surface area contributed by atoms with Crippen molar-refractivity contribution in [2.45, 2.75) is 50.6 Å². The molecule has 0 aliphatic heterocycles. The Hall–Kier alpha value is -2.69. The number of aryl methyl sites for hydroxylation is 1. The van der Waals surface area contributed by atoms with E-state index in [9.17, 15) is 9.59 Å². The lowest BCUT2D eigenvalue weighted by atomic mass is 9.73. The molecule has 0 spiro atoms. The van der Waals surface area contributed by atoms with Crippen molar-refractivity contribution in [2.24, 2.45) is 5.73 Å². The largest absolute Gasteiger partial charge is 0.364 e. The van der Waals surface area contributed by atoms with E-state index >= 15 is 0 Å². The van der Waals surface area contributed by atoms with Crippen molar-refractivity contribution in [2.75, 3.05) is 0 Å². The van der Waals surface area contributed by atoms with Crippen LogP contribution in [0, 0.1) is 6.92 Å². The maximum Gasteiger partial charge on any atom is 0.267 e. The van der Waals surface area contributed by atoms with Crippen molar-refractivity contribution in [3.8, 4) is 0 Å². The monoisotopic (exact) mass is 349 g/mol. The van der Waals surface area contributed by atoms with E-state index in [1.54, 1.807) is 6.07 Å². The van der Waals surface area contributed by atoms with Crippen LogP contribution in [-0.2, 0) is 0 Å². The van der Waals surface area contributed by atoms with Crippen LogP contribution in [0.4, 0.5) is 0 Å². The number of hydrogen-bond donors (Lipinski definition) is 1. The van der Waals surface area contributed by atoms with E-state index in [2.05, 4.69) is 36.2 Å². The molecule has 26 heavy (non-hydrogen) atoms. The van der Waals surface area contributed by atoms with Gasteiger partial charge in [-0.1, -0.05) is 24.3 Å². The zero-order chi connectivity index (χ0) is 18.3. The summed E-state index contributed by atoms with van der Waals surface area (Å²) in [6.45, 7) is 2.15. The quantitative estimate of drug-likeness (QED) is 0.901. The Balaban J connectivity index is 1.51. The van der Waals surface area contributed by atoms with Crippen molar-refractivity contribution >= 4 is 11.8 Å². The van der Waals surface area contributed by atoms with Gasteiger partial charge in [0.05, 0.1) is 0 Å². The normalized spacial score (nSPS) is 21.7. The van der Waals surface area contributed by atoms with Crippen molar-refractivity contribution in [3.05, 3.63) is 65.0 Å². The number of aromatic nitrogens is 1. The molecule has 2 amide bonds. The topological polar surface area (TPSA) is 76.3 Å². The molecule has 1 aromatic heterocycles. The molecule has 2 aliphatic carbocycles. The summed E-state index contributed by atoms with van der Waals surface area (Å²) in [4.78, 5) is 30.4. The number of nitrogens with two attached hydrogens (primary N) is 1. The first kappa shape index (κ1) is 16.8. The van der Waals surface area contributed by atoms with E-state index in [1.165, 1.54) is 23.4 Å². The smallest absolute Gasteiger partial charge is 0.267 e. The molecular formula is C21H23N3O2. The van der Waals surface area contributed by atoms with Crippen LogP contribution in [0.1, 0.15) is 63.6 Å². The fourth-order valence-electron chi connectivity index (χ4n) is 3.94. The zero-order valence-electron chi connectivity index (χ0n) is 14.9. The lowest BCUT2D eigenvalue weighted by molar-refractivity contribution is 0.0516. The van der Waals surface area contributed by atoms with Gasteiger partial charge < -0.3 is 10.6 Å². The average molecular weight is 349 g/mol. The third-order valence-electron chi connectivity index (χ3n) is 5.57. The number of amides is 2. The van der Waals surface area contributed by atoms with Crippen molar-refractivity contribution < 1.29 is 9.59 Å².